The van der Waals surface area contributed by atoms with E-state index in [4.69, 9.17) is 4.84 Å². The summed E-state index contributed by atoms with van der Waals surface area (Å²) in [6.07, 6.45) is 0. The number of benzene rings is 2. The second kappa shape index (κ2) is 5.16. The fourth-order valence-corrected chi connectivity index (χ4v) is 2.58. The van der Waals surface area contributed by atoms with Crippen LogP contribution in [0.25, 0.3) is 11.1 Å². The van der Waals surface area contributed by atoms with Gasteiger partial charge in [0.1, 0.15) is 0 Å². The molecule has 0 radical (unpaired) electrons. The maximum atomic E-state index is 5.64. The van der Waals surface area contributed by atoms with Crippen molar-refractivity contribution < 1.29 is 4.84 Å². The number of hydrogen-bond donors (Lipinski definition) is 1. The highest BCUT2D eigenvalue weighted by Crippen LogP contribution is 2.42. The van der Waals surface area contributed by atoms with E-state index in [0.29, 0.717) is 5.92 Å². The number of fused-ring (bicyclic) bond motifs is 3. The van der Waals surface area contributed by atoms with Crippen LogP contribution in [0.4, 0.5) is 0 Å². The monoisotopic (exact) mass is 253 g/mol. The van der Waals surface area contributed by atoms with Gasteiger partial charge in [-0.15, -0.1) is 0 Å². The molecule has 2 heteroatoms. The molecule has 0 saturated heterocycles. The Morgan fingerprint density at radius 1 is 0.947 bits per heavy atom. The van der Waals surface area contributed by atoms with Crippen LogP contribution in [0.2, 0.25) is 0 Å². The average molecular weight is 253 g/mol. The van der Waals surface area contributed by atoms with Gasteiger partial charge >= 0.3 is 0 Å². The van der Waals surface area contributed by atoms with Gasteiger partial charge in [0.15, 0.2) is 0 Å². The van der Waals surface area contributed by atoms with Crippen LogP contribution < -0.4 is 5.48 Å². The lowest BCUT2D eigenvalue weighted by atomic mass is 10.1. The molecule has 0 amide bonds. The summed E-state index contributed by atoms with van der Waals surface area (Å²) < 4.78 is 0. The molecule has 0 fully saturated rings. The van der Waals surface area contributed by atoms with Gasteiger partial charge in [-0.3, -0.25) is 0 Å². The summed E-state index contributed by atoms with van der Waals surface area (Å²) in [4.78, 5) is 5.64. The zero-order valence-corrected chi connectivity index (χ0v) is 11.4. The Labute approximate surface area is 114 Å². The molecule has 0 heterocycles. The van der Waals surface area contributed by atoms with Gasteiger partial charge in [-0.1, -0.05) is 62.4 Å². The fraction of sp³-hybridized carbons (Fsp3) is 0.294. The number of rotatable bonds is 4. The van der Waals surface area contributed by atoms with Gasteiger partial charge in [0.25, 0.3) is 0 Å². The van der Waals surface area contributed by atoms with E-state index >= 15 is 0 Å². The zero-order chi connectivity index (χ0) is 13.2. The Bertz CT molecular complexity index is 531. The van der Waals surface area contributed by atoms with Crippen molar-refractivity contribution in [1.29, 1.82) is 0 Å². The quantitative estimate of drug-likeness (QED) is 0.833. The third-order valence-corrected chi connectivity index (χ3v) is 3.45. The van der Waals surface area contributed by atoms with Gasteiger partial charge in [-0.2, -0.15) is 5.48 Å². The predicted octanol–water partition coefficient (Wildman–Crippen LogP) is 3.93. The van der Waals surface area contributed by atoms with E-state index in [-0.39, 0.29) is 6.04 Å². The van der Waals surface area contributed by atoms with Gasteiger partial charge in [0, 0.05) is 0 Å². The van der Waals surface area contributed by atoms with Crippen LogP contribution in [0.1, 0.15) is 31.0 Å². The molecule has 2 aromatic carbocycles. The molecule has 0 saturated carbocycles. The first kappa shape index (κ1) is 12.4. The summed E-state index contributed by atoms with van der Waals surface area (Å²) in [5.74, 6) is 0.527. The summed E-state index contributed by atoms with van der Waals surface area (Å²) in [7, 11) is 0. The minimum absolute atomic E-state index is 0.145. The fourth-order valence-electron chi connectivity index (χ4n) is 2.58. The van der Waals surface area contributed by atoms with Gasteiger partial charge < -0.3 is 4.84 Å². The van der Waals surface area contributed by atoms with Crippen molar-refractivity contribution in [3.8, 4) is 11.1 Å². The minimum Gasteiger partial charge on any atom is -0.301 e. The van der Waals surface area contributed by atoms with Crippen molar-refractivity contribution in [2.45, 2.75) is 19.9 Å². The summed E-state index contributed by atoms with van der Waals surface area (Å²) in [5, 5.41) is 0. The van der Waals surface area contributed by atoms with Gasteiger partial charge in [0.05, 0.1) is 12.6 Å². The lowest BCUT2D eigenvalue weighted by molar-refractivity contribution is 0.00918. The molecule has 3 rings (SSSR count). The normalized spacial score (nSPS) is 13.6. The highest BCUT2D eigenvalue weighted by atomic mass is 16.6. The average Bonchev–Trinajstić information content (AvgIpc) is 2.74. The Morgan fingerprint density at radius 2 is 1.47 bits per heavy atom. The first-order valence-electron chi connectivity index (χ1n) is 6.83. The van der Waals surface area contributed by atoms with E-state index < -0.39 is 0 Å². The van der Waals surface area contributed by atoms with E-state index in [1.54, 1.807) is 0 Å². The van der Waals surface area contributed by atoms with Crippen LogP contribution in [0, 0.1) is 5.92 Å². The number of hydroxylamine groups is 1. The second-order valence-electron chi connectivity index (χ2n) is 5.43. The first-order chi connectivity index (χ1) is 9.27. The van der Waals surface area contributed by atoms with Crippen molar-refractivity contribution in [2.75, 3.05) is 6.61 Å². The standard InChI is InChI=1S/C17H19NO/c1-12(2)11-19-18-17-15-9-5-3-7-13(15)14-8-4-6-10-16(14)17/h3-10,12,17-18H,11H2,1-2H3. The van der Waals surface area contributed by atoms with Crippen molar-refractivity contribution in [2.24, 2.45) is 5.92 Å². The van der Waals surface area contributed by atoms with Gasteiger partial charge in [0.2, 0.25) is 0 Å². The molecule has 2 aromatic rings. The Kier molecular flexibility index (Phi) is 3.36. The van der Waals surface area contributed by atoms with Crippen LogP contribution in [0.3, 0.4) is 0 Å². The Hall–Kier alpha value is -1.64. The first-order valence-corrected chi connectivity index (χ1v) is 6.83. The summed E-state index contributed by atoms with van der Waals surface area (Å²) in [5.41, 5.74) is 8.44. The SMILES string of the molecule is CC(C)CONC1c2ccccc2-c2ccccc21. The van der Waals surface area contributed by atoms with Crippen molar-refractivity contribution in [3.05, 3.63) is 59.7 Å². The van der Waals surface area contributed by atoms with Crippen LogP contribution >= 0.6 is 0 Å². The highest BCUT2D eigenvalue weighted by molar-refractivity contribution is 5.78. The lowest BCUT2D eigenvalue weighted by Crippen LogP contribution is -2.23. The van der Waals surface area contributed by atoms with Gasteiger partial charge in [-0.05, 0) is 28.2 Å². The molecule has 1 aliphatic rings. The zero-order valence-electron chi connectivity index (χ0n) is 11.4. The predicted molar refractivity (Wildman–Crippen MR) is 77.6 cm³/mol. The topological polar surface area (TPSA) is 21.3 Å². The molecule has 1 aliphatic carbocycles. The largest absolute Gasteiger partial charge is 0.301 e. The van der Waals surface area contributed by atoms with Crippen LogP contribution in [-0.2, 0) is 4.84 Å². The highest BCUT2D eigenvalue weighted by Gasteiger charge is 2.27. The molecule has 0 aliphatic heterocycles. The maximum Gasteiger partial charge on any atom is 0.0833 e. The lowest BCUT2D eigenvalue weighted by Gasteiger charge is -2.16. The van der Waals surface area contributed by atoms with E-state index in [1.165, 1.54) is 22.3 Å². The van der Waals surface area contributed by atoms with Crippen molar-refractivity contribution >= 4 is 0 Å². The Morgan fingerprint density at radius 3 is 2.00 bits per heavy atom. The molecule has 0 atom stereocenters. The molecule has 19 heavy (non-hydrogen) atoms. The van der Waals surface area contributed by atoms with E-state index in [2.05, 4.69) is 67.9 Å². The van der Waals surface area contributed by atoms with Crippen LogP contribution in [-0.4, -0.2) is 6.61 Å². The minimum atomic E-state index is 0.145. The molecule has 0 unspecified atom stereocenters. The smallest absolute Gasteiger partial charge is 0.0833 e. The third-order valence-electron chi connectivity index (χ3n) is 3.45. The molecule has 1 N–H and O–H groups in total. The van der Waals surface area contributed by atoms with E-state index in [9.17, 15) is 0 Å². The maximum absolute atomic E-state index is 5.64. The summed E-state index contributed by atoms with van der Waals surface area (Å²) in [6.45, 7) is 5.03. The number of hydrogen-bond acceptors (Lipinski definition) is 2. The summed E-state index contributed by atoms with van der Waals surface area (Å²) in [6, 6.07) is 17.2. The summed E-state index contributed by atoms with van der Waals surface area (Å²) >= 11 is 0. The van der Waals surface area contributed by atoms with Gasteiger partial charge in [-0.25, -0.2) is 0 Å². The molecule has 0 bridgehead atoms. The molecule has 0 aromatic heterocycles. The van der Waals surface area contributed by atoms with Crippen LogP contribution in [0.5, 0.6) is 0 Å². The van der Waals surface area contributed by atoms with E-state index in [1.807, 2.05) is 0 Å². The molecular weight excluding hydrogens is 234 g/mol. The molecular formula is C17H19NO. The Balaban J connectivity index is 1.91. The molecule has 2 nitrogen and oxygen atoms in total. The van der Waals surface area contributed by atoms with Crippen LogP contribution in [0.15, 0.2) is 48.5 Å². The second-order valence-corrected chi connectivity index (χ2v) is 5.43. The van der Waals surface area contributed by atoms with Crippen molar-refractivity contribution in [1.82, 2.24) is 5.48 Å². The number of nitrogens with one attached hydrogen (secondary N) is 1. The van der Waals surface area contributed by atoms with Crippen molar-refractivity contribution in [3.63, 3.8) is 0 Å². The molecule has 0 spiro atoms. The third kappa shape index (κ3) is 2.29. The van der Waals surface area contributed by atoms with E-state index in [0.717, 1.165) is 6.61 Å². The molecule has 98 valence electrons.